The van der Waals surface area contributed by atoms with Crippen LogP contribution in [0.5, 0.6) is 5.75 Å². The van der Waals surface area contributed by atoms with E-state index in [2.05, 4.69) is 21.2 Å². The van der Waals surface area contributed by atoms with Crippen LogP contribution in [-0.2, 0) is 4.79 Å². The Labute approximate surface area is 120 Å². The summed E-state index contributed by atoms with van der Waals surface area (Å²) in [5.41, 5.74) is 0. The molecule has 1 fully saturated rings. The van der Waals surface area contributed by atoms with Gasteiger partial charge in [-0.3, -0.25) is 4.79 Å². The highest BCUT2D eigenvalue weighted by Crippen LogP contribution is 2.32. The lowest BCUT2D eigenvalue weighted by Crippen LogP contribution is -2.37. The molecule has 1 atom stereocenters. The Bertz CT molecular complexity index is 449. The van der Waals surface area contributed by atoms with E-state index >= 15 is 0 Å². The van der Waals surface area contributed by atoms with Gasteiger partial charge in [-0.05, 0) is 43.9 Å². The highest BCUT2D eigenvalue weighted by molar-refractivity contribution is 9.10. The van der Waals surface area contributed by atoms with Gasteiger partial charge in [0.05, 0.1) is 5.02 Å². The van der Waals surface area contributed by atoms with Crippen molar-refractivity contribution in [2.24, 2.45) is 5.92 Å². The standard InChI is InChI=1S/C13H15BrClNO2/c1-8(9-2-3-9)16-13(17)7-18-12-5-4-10(14)6-11(12)15/h4-6,8-9H,2-3,7H2,1H3,(H,16,17)/t8-/m1/s1. The maximum Gasteiger partial charge on any atom is 0.258 e. The van der Waals surface area contributed by atoms with Gasteiger partial charge >= 0.3 is 0 Å². The molecule has 0 radical (unpaired) electrons. The smallest absolute Gasteiger partial charge is 0.258 e. The molecule has 1 aliphatic rings. The van der Waals surface area contributed by atoms with E-state index in [0.29, 0.717) is 16.7 Å². The van der Waals surface area contributed by atoms with Crippen LogP contribution >= 0.6 is 27.5 Å². The summed E-state index contributed by atoms with van der Waals surface area (Å²) >= 11 is 9.31. The summed E-state index contributed by atoms with van der Waals surface area (Å²) in [6.45, 7) is 2.03. The molecule has 1 amide bonds. The summed E-state index contributed by atoms with van der Waals surface area (Å²) in [7, 11) is 0. The van der Waals surface area contributed by atoms with Crippen LogP contribution < -0.4 is 10.1 Å². The van der Waals surface area contributed by atoms with Crippen LogP contribution in [-0.4, -0.2) is 18.6 Å². The average Bonchev–Trinajstić information content (AvgIpc) is 3.11. The number of hydrogen-bond acceptors (Lipinski definition) is 2. The molecular formula is C13H15BrClNO2. The molecule has 0 heterocycles. The van der Waals surface area contributed by atoms with E-state index in [1.807, 2.05) is 13.0 Å². The summed E-state index contributed by atoms with van der Waals surface area (Å²) in [6.07, 6.45) is 2.42. The fourth-order valence-electron chi connectivity index (χ4n) is 1.75. The molecular weight excluding hydrogens is 318 g/mol. The number of amides is 1. The maximum absolute atomic E-state index is 11.6. The molecule has 5 heteroatoms. The Morgan fingerprint density at radius 1 is 1.61 bits per heavy atom. The van der Waals surface area contributed by atoms with Gasteiger partial charge in [0.25, 0.3) is 5.91 Å². The van der Waals surface area contributed by atoms with Gasteiger partial charge in [-0.1, -0.05) is 27.5 Å². The van der Waals surface area contributed by atoms with Crippen LogP contribution in [0.15, 0.2) is 22.7 Å². The van der Waals surface area contributed by atoms with Gasteiger partial charge in [0.15, 0.2) is 6.61 Å². The van der Waals surface area contributed by atoms with Crippen LogP contribution in [0.1, 0.15) is 19.8 Å². The Morgan fingerprint density at radius 2 is 2.33 bits per heavy atom. The van der Waals surface area contributed by atoms with E-state index in [1.165, 1.54) is 12.8 Å². The van der Waals surface area contributed by atoms with Crippen molar-refractivity contribution in [1.29, 1.82) is 0 Å². The van der Waals surface area contributed by atoms with E-state index in [9.17, 15) is 4.79 Å². The van der Waals surface area contributed by atoms with Gasteiger partial charge in [0.1, 0.15) is 5.75 Å². The maximum atomic E-state index is 11.6. The van der Waals surface area contributed by atoms with Crippen molar-refractivity contribution >= 4 is 33.4 Å². The van der Waals surface area contributed by atoms with Crippen LogP contribution in [0.25, 0.3) is 0 Å². The molecule has 3 nitrogen and oxygen atoms in total. The van der Waals surface area contributed by atoms with Crippen LogP contribution in [0.2, 0.25) is 5.02 Å². The fourth-order valence-corrected chi connectivity index (χ4v) is 2.47. The van der Waals surface area contributed by atoms with E-state index in [0.717, 1.165) is 4.47 Å². The summed E-state index contributed by atoms with van der Waals surface area (Å²) in [6, 6.07) is 5.54. The number of hydrogen-bond donors (Lipinski definition) is 1. The van der Waals surface area contributed by atoms with Crippen molar-refractivity contribution in [3.05, 3.63) is 27.7 Å². The molecule has 0 saturated heterocycles. The molecule has 0 unspecified atom stereocenters. The largest absolute Gasteiger partial charge is 0.482 e. The Morgan fingerprint density at radius 3 is 2.94 bits per heavy atom. The minimum atomic E-state index is -0.103. The molecule has 0 aromatic heterocycles. The molecule has 1 aromatic rings. The quantitative estimate of drug-likeness (QED) is 0.897. The lowest BCUT2D eigenvalue weighted by Gasteiger charge is -2.13. The second kappa shape index (κ2) is 5.93. The normalized spacial score (nSPS) is 16.2. The Balaban J connectivity index is 1.81. The van der Waals surface area contributed by atoms with Crippen molar-refractivity contribution in [3.8, 4) is 5.75 Å². The van der Waals surface area contributed by atoms with Gasteiger partial charge < -0.3 is 10.1 Å². The van der Waals surface area contributed by atoms with Crippen molar-refractivity contribution in [2.75, 3.05) is 6.61 Å². The zero-order valence-electron chi connectivity index (χ0n) is 10.1. The van der Waals surface area contributed by atoms with E-state index < -0.39 is 0 Å². The van der Waals surface area contributed by atoms with Crippen LogP contribution in [0, 0.1) is 5.92 Å². The second-order valence-electron chi connectivity index (χ2n) is 4.56. The first kappa shape index (κ1) is 13.7. The second-order valence-corrected chi connectivity index (χ2v) is 5.88. The fraction of sp³-hybridized carbons (Fsp3) is 0.462. The highest BCUT2D eigenvalue weighted by atomic mass is 79.9. The molecule has 2 rings (SSSR count). The first-order chi connectivity index (χ1) is 8.56. The third kappa shape index (κ3) is 3.89. The number of carbonyl (C=O) groups excluding carboxylic acids is 1. The molecule has 1 N–H and O–H groups in total. The van der Waals surface area contributed by atoms with Gasteiger partial charge in [-0.25, -0.2) is 0 Å². The molecule has 0 spiro atoms. The third-order valence-corrected chi connectivity index (χ3v) is 3.76. The minimum absolute atomic E-state index is 0.00158. The van der Waals surface area contributed by atoms with Gasteiger partial charge in [0.2, 0.25) is 0 Å². The van der Waals surface area contributed by atoms with Crippen LogP contribution in [0.4, 0.5) is 0 Å². The van der Waals surface area contributed by atoms with Crippen molar-refractivity contribution in [2.45, 2.75) is 25.8 Å². The number of halogens is 2. The monoisotopic (exact) mass is 331 g/mol. The van der Waals surface area contributed by atoms with Gasteiger partial charge in [0, 0.05) is 10.5 Å². The summed E-state index contributed by atoms with van der Waals surface area (Å²) < 4.78 is 6.27. The van der Waals surface area contributed by atoms with Crippen molar-refractivity contribution < 1.29 is 9.53 Å². The van der Waals surface area contributed by atoms with E-state index in [4.69, 9.17) is 16.3 Å². The first-order valence-corrected chi connectivity index (χ1v) is 7.10. The number of rotatable bonds is 5. The zero-order chi connectivity index (χ0) is 13.1. The number of nitrogens with one attached hydrogen (secondary N) is 1. The highest BCUT2D eigenvalue weighted by Gasteiger charge is 2.28. The summed E-state index contributed by atoms with van der Waals surface area (Å²) in [5, 5.41) is 3.42. The zero-order valence-corrected chi connectivity index (χ0v) is 12.4. The lowest BCUT2D eigenvalue weighted by atomic mass is 10.2. The Kier molecular flexibility index (Phi) is 4.51. The molecule has 18 heavy (non-hydrogen) atoms. The van der Waals surface area contributed by atoms with Crippen LogP contribution in [0.3, 0.4) is 0 Å². The summed E-state index contributed by atoms with van der Waals surface area (Å²) in [4.78, 5) is 11.6. The SMILES string of the molecule is C[C@@H](NC(=O)COc1ccc(Br)cc1Cl)C1CC1. The average molecular weight is 333 g/mol. The predicted octanol–water partition coefficient (Wildman–Crippen LogP) is 3.40. The lowest BCUT2D eigenvalue weighted by molar-refractivity contribution is -0.123. The number of carbonyl (C=O) groups is 1. The van der Waals surface area contributed by atoms with E-state index in [1.54, 1.807) is 12.1 Å². The minimum Gasteiger partial charge on any atom is -0.482 e. The molecule has 1 aliphatic carbocycles. The van der Waals surface area contributed by atoms with Gasteiger partial charge in [-0.15, -0.1) is 0 Å². The molecule has 1 saturated carbocycles. The number of ether oxygens (including phenoxy) is 1. The summed E-state index contributed by atoms with van der Waals surface area (Å²) in [5.74, 6) is 1.06. The Hall–Kier alpha value is -0.740. The van der Waals surface area contributed by atoms with Gasteiger partial charge in [-0.2, -0.15) is 0 Å². The molecule has 98 valence electrons. The van der Waals surface area contributed by atoms with Crippen molar-refractivity contribution in [1.82, 2.24) is 5.32 Å². The van der Waals surface area contributed by atoms with Crippen molar-refractivity contribution in [3.63, 3.8) is 0 Å². The number of benzene rings is 1. The molecule has 0 aliphatic heterocycles. The molecule has 1 aromatic carbocycles. The van der Waals surface area contributed by atoms with E-state index in [-0.39, 0.29) is 18.6 Å². The third-order valence-electron chi connectivity index (χ3n) is 2.97. The first-order valence-electron chi connectivity index (χ1n) is 5.93. The molecule has 0 bridgehead atoms. The topological polar surface area (TPSA) is 38.3 Å². The predicted molar refractivity (Wildman–Crippen MR) is 75.0 cm³/mol.